The molecule has 1 amide bonds. The Balaban J connectivity index is 1.78. The molecule has 0 bridgehead atoms. The molecule has 1 aromatic heterocycles. The minimum atomic E-state index is -0.842. The summed E-state index contributed by atoms with van der Waals surface area (Å²) in [5.41, 5.74) is 1.03. The van der Waals surface area contributed by atoms with E-state index in [1.54, 1.807) is 0 Å². The lowest BCUT2D eigenvalue weighted by Crippen LogP contribution is -2.41. The number of thiophene rings is 1. The largest absolute Gasteiger partial charge is 0.481 e. The van der Waals surface area contributed by atoms with Gasteiger partial charge in [-0.25, -0.2) is 0 Å². The summed E-state index contributed by atoms with van der Waals surface area (Å²) in [6, 6.07) is 1.96. The second-order valence-electron chi connectivity index (χ2n) is 4.94. The van der Waals surface area contributed by atoms with Crippen LogP contribution in [0.25, 0.3) is 0 Å². The van der Waals surface area contributed by atoms with Crippen LogP contribution >= 0.6 is 11.3 Å². The summed E-state index contributed by atoms with van der Waals surface area (Å²) in [6.45, 7) is 3.55. The van der Waals surface area contributed by atoms with Crippen LogP contribution in [-0.2, 0) is 9.53 Å². The zero-order chi connectivity index (χ0) is 14.5. The lowest BCUT2D eigenvalue weighted by Gasteiger charge is -2.31. The van der Waals surface area contributed by atoms with Crippen LogP contribution < -0.4 is 0 Å². The van der Waals surface area contributed by atoms with Gasteiger partial charge in [-0.3, -0.25) is 9.59 Å². The van der Waals surface area contributed by atoms with Gasteiger partial charge in [0.25, 0.3) is 5.91 Å². The quantitative estimate of drug-likeness (QED) is 0.904. The minimum Gasteiger partial charge on any atom is -0.481 e. The normalized spacial score (nSPS) is 16.4. The zero-order valence-electron chi connectivity index (χ0n) is 11.5. The standard InChI is InChI=1S/C14H19NO4S/c1-10-5-9-20-13(10)14(18)15-6-2-11(3-7-15)19-8-4-12(16)17/h5,9,11H,2-4,6-8H2,1H3,(H,16,17). The number of hydrogen-bond acceptors (Lipinski definition) is 4. The van der Waals surface area contributed by atoms with Crippen LogP contribution in [-0.4, -0.2) is 47.7 Å². The fourth-order valence-electron chi connectivity index (χ4n) is 2.27. The molecule has 0 saturated carbocycles. The summed E-state index contributed by atoms with van der Waals surface area (Å²) in [5.74, 6) is -0.743. The van der Waals surface area contributed by atoms with Gasteiger partial charge in [-0.05, 0) is 36.8 Å². The summed E-state index contributed by atoms with van der Waals surface area (Å²) in [7, 11) is 0. The van der Waals surface area contributed by atoms with E-state index in [2.05, 4.69) is 0 Å². The average Bonchev–Trinajstić information content (AvgIpc) is 2.84. The van der Waals surface area contributed by atoms with E-state index >= 15 is 0 Å². The zero-order valence-corrected chi connectivity index (χ0v) is 12.3. The van der Waals surface area contributed by atoms with Gasteiger partial charge in [-0.2, -0.15) is 0 Å². The first-order chi connectivity index (χ1) is 9.58. The summed E-state index contributed by atoms with van der Waals surface area (Å²) >= 11 is 1.48. The SMILES string of the molecule is Cc1ccsc1C(=O)N1CCC(OCCC(=O)O)CC1. The predicted octanol–water partition coefficient (Wildman–Crippen LogP) is 2.15. The van der Waals surface area contributed by atoms with Crippen molar-refractivity contribution in [2.45, 2.75) is 32.3 Å². The number of carboxylic acids is 1. The van der Waals surface area contributed by atoms with E-state index in [0.29, 0.717) is 13.1 Å². The van der Waals surface area contributed by atoms with Crippen LogP contribution in [0.2, 0.25) is 0 Å². The molecule has 1 saturated heterocycles. The predicted molar refractivity (Wildman–Crippen MR) is 76.2 cm³/mol. The highest BCUT2D eigenvalue weighted by Crippen LogP contribution is 2.21. The van der Waals surface area contributed by atoms with Gasteiger partial charge in [0.15, 0.2) is 0 Å². The van der Waals surface area contributed by atoms with E-state index in [0.717, 1.165) is 23.3 Å². The molecule has 0 radical (unpaired) electrons. The first-order valence-corrected chi connectivity index (χ1v) is 7.62. The summed E-state index contributed by atoms with van der Waals surface area (Å²) in [6.07, 6.45) is 1.65. The summed E-state index contributed by atoms with van der Waals surface area (Å²) < 4.78 is 5.52. The number of amides is 1. The van der Waals surface area contributed by atoms with Gasteiger partial charge in [-0.1, -0.05) is 0 Å². The van der Waals surface area contributed by atoms with Crippen molar-refractivity contribution in [1.29, 1.82) is 0 Å². The summed E-state index contributed by atoms with van der Waals surface area (Å²) in [4.78, 5) is 25.4. The van der Waals surface area contributed by atoms with E-state index < -0.39 is 5.97 Å². The fraction of sp³-hybridized carbons (Fsp3) is 0.571. The van der Waals surface area contributed by atoms with Crippen LogP contribution in [0.5, 0.6) is 0 Å². The number of aryl methyl sites for hydroxylation is 1. The Bertz CT molecular complexity index is 477. The number of carbonyl (C=O) groups excluding carboxylic acids is 1. The van der Waals surface area contributed by atoms with Crippen LogP contribution in [0.1, 0.15) is 34.5 Å². The van der Waals surface area contributed by atoms with Crippen LogP contribution in [0.4, 0.5) is 0 Å². The van der Waals surface area contributed by atoms with E-state index in [1.807, 2.05) is 23.3 Å². The smallest absolute Gasteiger partial charge is 0.305 e. The maximum Gasteiger partial charge on any atom is 0.305 e. The Morgan fingerprint density at radius 2 is 2.15 bits per heavy atom. The molecular weight excluding hydrogens is 278 g/mol. The van der Waals surface area contributed by atoms with E-state index in [9.17, 15) is 9.59 Å². The second-order valence-corrected chi connectivity index (χ2v) is 5.85. The van der Waals surface area contributed by atoms with Crippen molar-refractivity contribution >= 4 is 23.2 Å². The van der Waals surface area contributed by atoms with Gasteiger partial charge < -0.3 is 14.7 Å². The molecule has 110 valence electrons. The molecule has 1 N–H and O–H groups in total. The molecule has 1 aromatic rings. The van der Waals surface area contributed by atoms with Gasteiger partial charge in [0.05, 0.1) is 24.0 Å². The highest BCUT2D eigenvalue weighted by atomic mass is 32.1. The number of carboxylic acid groups (broad SMARTS) is 1. The first-order valence-electron chi connectivity index (χ1n) is 6.74. The van der Waals surface area contributed by atoms with Gasteiger partial charge in [-0.15, -0.1) is 11.3 Å². The number of hydrogen-bond donors (Lipinski definition) is 1. The third kappa shape index (κ3) is 3.80. The number of rotatable bonds is 5. The molecule has 2 rings (SSSR count). The van der Waals surface area contributed by atoms with Crippen molar-refractivity contribution in [2.24, 2.45) is 0 Å². The highest BCUT2D eigenvalue weighted by molar-refractivity contribution is 7.12. The molecule has 0 spiro atoms. The van der Waals surface area contributed by atoms with Crippen molar-refractivity contribution in [3.63, 3.8) is 0 Å². The van der Waals surface area contributed by atoms with Crippen LogP contribution in [0.15, 0.2) is 11.4 Å². The van der Waals surface area contributed by atoms with Crippen LogP contribution in [0.3, 0.4) is 0 Å². The van der Waals surface area contributed by atoms with Crippen molar-refractivity contribution in [3.05, 3.63) is 21.9 Å². The Labute approximate surface area is 122 Å². The van der Waals surface area contributed by atoms with Gasteiger partial charge >= 0.3 is 5.97 Å². The molecular formula is C14H19NO4S. The Kier molecular flexibility index (Phi) is 5.14. The van der Waals surface area contributed by atoms with Crippen LogP contribution in [0, 0.1) is 6.92 Å². The molecule has 0 aliphatic carbocycles. The van der Waals surface area contributed by atoms with Crippen molar-refractivity contribution in [2.75, 3.05) is 19.7 Å². The lowest BCUT2D eigenvalue weighted by molar-refractivity contribution is -0.138. The van der Waals surface area contributed by atoms with Gasteiger partial charge in [0.1, 0.15) is 0 Å². The number of nitrogens with zero attached hydrogens (tertiary/aromatic N) is 1. The van der Waals surface area contributed by atoms with Gasteiger partial charge in [0, 0.05) is 13.1 Å². The van der Waals surface area contributed by atoms with Crippen molar-refractivity contribution in [3.8, 4) is 0 Å². The molecule has 1 fully saturated rings. The van der Waals surface area contributed by atoms with Crippen molar-refractivity contribution < 1.29 is 19.4 Å². The number of likely N-dealkylation sites (tertiary alicyclic amines) is 1. The van der Waals surface area contributed by atoms with E-state index in [4.69, 9.17) is 9.84 Å². The number of aliphatic carboxylic acids is 1. The number of carbonyl (C=O) groups is 2. The molecule has 0 atom stereocenters. The monoisotopic (exact) mass is 297 g/mol. The molecule has 0 aromatic carbocycles. The molecule has 5 nitrogen and oxygen atoms in total. The van der Waals surface area contributed by atoms with Crippen molar-refractivity contribution in [1.82, 2.24) is 4.90 Å². The number of ether oxygens (including phenoxy) is 1. The Hall–Kier alpha value is -1.40. The first kappa shape index (κ1) is 15.0. The molecule has 2 heterocycles. The topological polar surface area (TPSA) is 66.8 Å². The van der Waals surface area contributed by atoms with E-state index in [-0.39, 0.29) is 25.0 Å². The second kappa shape index (κ2) is 6.85. The van der Waals surface area contributed by atoms with Gasteiger partial charge in [0.2, 0.25) is 0 Å². The maximum absolute atomic E-state index is 12.3. The maximum atomic E-state index is 12.3. The minimum absolute atomic E-state index is 0.0353. The molecule has 0 unspecified atom stereocenters. The number of piperidine rings is 1. The molecule has 1 aliphatic rings. The fourth-order valence-corrected chi connectivity index (χ4v) is 3.17. The lowest BCUT2D eigenvalue weighted by atomic mass is 10.1. The highest BCUT2D eigenvalue weighted by Gasteiger charge is 2.25. The average molecular weight is 297 g/mol. The Morgan fingerprint density at radius 3 is 2.70 bits per heavy atom. The third-order valence-electron chi connectivity index (χ3n) is 3.46. The molecule has 1 aliphatic heterocycles. The van der Waals surface area contributed by atoms with E-state index in [1.165, 1.54) is 11.3 Å². The third-order valence-corrected chi connectivity index (χ3v) is 4.46. The molecule has 20 heavy (non-hydrogen) atoms. The Morgan fingerprint density at radius 1 is 1.45 bits per heavy atom. The molecule has 6 heteroatoms. The summed E-state index contributed by atoms with van der Waals surface area (Å²) in [5, 5.41) is 10.5.